The summed E-state index contributed by atoms with van der Waals surface area (Å²) < 4.78 is 0. The van der Waals surface area contributed by atoms with Gasteiger partial charge in [-0.3, -0.25) is 0 Å². The van der Waals surface area contributed by atoms with Gasteiger partial charge in [-0.25, -0.2) is 4.98 Å². The largest absolute Gasteiger partial charge is 0.396 e. The van der Waals surface area contributed by atoms with Gasteiger partial charge in [-0.05, 0) is 38.6 Å². The number of nitrogens with zero attached hydrogens (tertiary/aromatic N) is 2. The Balaban J connectivity index is 1.90. The van der Waals surface area contributed by atoms with E-state index in [1.54, 1.807) is 6.07 Å². The van der Waals surface area contributed by atoms with Crippen LogP contribution in [0, 0.1) is 0 Å². The summed E-state index contributed by atoms with van der Waals surface area (Å²) in [6, 6.07) is 4.24. The molecule has 1 aliphatic heterocycles. The number of nitrogens with one attached hydrogen (secondary N) is 1. The summed E-state index contributed by atoms with van der Waals surface area (Å²) in [6.07, 6.45) is 3.86. The molecular formula is C12H21N5. The summed E-state index contributed by atoms with van der Waals surface area (Å²) in [5, 5.41) is 3.32. The predicted molar refractivity (Wildman–Crippen MR) is 71.8 cm³/mol. The lowest BCUT2D eigenvalue weighted by atomic mass is 10.0. The average Bonchev–Trinajstić information content (AvgIpc) is 2.32. The fourth-order valence-corrected chi connectivity index (χ4v) is 2.21. The third-order valence-electron chi connectivity index (χ3n) is 3.40. The number of hydrogen-bond acceptors (Lipinski definition) is 5. The Hall–Kier alpha value is -1.49. The average molecular weight is 235 g/mol. The first-order valence-electron chi connectivity index (χ1n) is 6.13. The number of aromatic nitrogens is 1. The van der Waals surface area contributed by atoms with Crippen LogP contribution in [0.4, 0.5) is 17.3 Å². The topological polar surface area (TPSA) is 80.2 Å². The Morgan fingerprint density at radius 2 is 2.24 bits per heavy atom. The molecule has 2 rings (SSSR count). The highest BCUT2D eigenvalue weighted by atomic mass is 15.2. The Morgan fingerprint density at radius 3 is 2.94 bits per heavy atom. The van der Waals surface area contributed by atoms with Crippen molar-refractivity contribution in [3.63, 3.8) is 0 Å². The minimum absolute atomic E-state index is 0.395. The summed E-state index contributed by atoms with van der Waals surface area (Å²) in [7, 11) is 2.18. The number of likely N-dealkylation sites (N-methyl/N-ethyl adjacent to an activating group) is 1. The highest BCUT2D eigenvalue weighted by Crippen LogP contribution is 2.17. The standard InChI is InChI=1S/C12H21N5/c1-17-7-3-2-4-9(17)8-15-11-6-5-10(13)12(14)16-11/h5-6,9H,2-4,7-8,13H2,1H3,(H3,14,15,16). The van der Waals surface area contributed by atoms with E-state index in [2.05, 4.69) is 22.2 Å². The molecule has 94 valence electrons. The molecule has 2 heterocycles. The fourth-order valence-electron chi connectivity index (χ4n) is 2.21. The van der Waals surface area contributed by atoms with Gasteiger partial charge >= 0.3 is 0 Å². The molecule has 0 amide bonds. The first-order valence-corrected chi connectivity index (χ1v) is 6.13. The van der Waals surface area contributed by atoms with E-state index in [-0.39, 0.29) is 0 Å². The van der Waals surface area contributed by atoms with Crippen LogP contribution in [0.2, 0.25) is 0 Å². The number of rotatable bonds is 3. The number of piperidine rings is 1. The molecule has 5 nitrogen and oxygen atoms in total. The molecule has 1 saturated heterocycles. The van der Waals surface area contributed by atoms with Crippen molar-refractivity contribution in [3.8, 4) is 0 Å². The van der Waals surface area contributed by atoms with Gasteiger partial charge in [-0.2, -0.15) is 0 Å². The molecule has 0 bridgehead atoms. The summed E-state index contributed by atoms with van der Waals surface area (Å²) in [5.74, 6) is 1.20. The van der Waals surface area contributed by atoms with Crippen molar-refractivity contribution in [3.05, 3.63) is 12.1 Å². The highest BCUT2D eigenvalue weighted by Gasteiger charge is 2.18. The Labute approximate surface area is 102 Å². The molecule has 0 aromatic carbocycles. The molecule has 1 aromatic heterocycles. The molecule has 17 heavy (non-hydrogen) atoms. The molecule has 0 radical (unpaired) electrons. The third kappa shape index (κ3) is 3.00. The van der Waals surface area contributed by atoms with Gasteiger partial charge in [0.15, 0.2) is 0 Å². The molecule has 1 aliphatic rings. The van der Waals surface area contributed by atoms with Crippen molar-refractivity contribution in [2.75, 3.05) is 36.9 Å². The number of pyridine rings is 1. The number of likely N-dealkylation sites (tertiary alicyclic amines) is 1. The maximum Gasteiger partial charge on any atom is 0.149 e. The maximum atomic E-state index is 5.67. The number of hydrogen-bond donors (Lipinski definition) is 3. The van der Waals surface area contributed by atoms with Crippen LogP contribution in [-0.4, -0.2) is 36.1 Å². The van der Waals surface area contributed by atoms with E-state index in [1.165, 1.54) is 25.8 Å². The van der Waals surface area contributed by atoms with Crippen molar-refractivity contribution in [2.24, 2.45) is 0 Å². The SMILES string of the molecule is CN1CCCCC1CNc1ccc(N)c(N)n1. The first kappa shape index (κ1) is 12.0. The van der Waals surface area contributed by atoms with Gasteiger partial charge in [0.2, 0.25) is 0 Å². The van der Waals surface area contributed by atoms with Gasteiger partial charge < -0.3 is 21.7 Å². The smallest absolute Gasteiger partial charge is 0.149 e. The maximum absolute atomic E-state index is 5.67. The van der Waals surface area contributed by atoms with Crippen LogP contribution < -0.4 is 16.8 Å². The predicted octanol–water partition coefficient (Wildman–Crippen LogP) is 1.14. The van der Waals surface area contributed by atoms with Crippen LogP contribution in [-0.2, 0) is 0 Å². The number of nitrogen functional groups attached to an aromatic ring is 2. The van der Waals surface area contributed by atoms with Crippen molar-refractivity contribution >= 4 is 17.3 Å². The monoisotopic (exact) mass is 235 g/mol. The zero-order valence-electron chi connectivity index (χ0n) is 10.3. The normalized spacial score (nSPS) is 21.4. The summed E-state index contributed by atoms with van der Waals surface area (Å²) in [5.41, 5.74) is 11.8. The van der Waals surface area contributed by atoms with Crippen LogP contribution in [0.15, 0.2) is 12.1 Å². The number of anilines is 3. The van der Waals surface area contributed by atoms with E-state index in [0.29, 0.717) is 17.5 Å². The van der Waals surface area contributed by atoms with Crippen LogP contribution in [0.3, 0.4) is 0 Å². The van der Waals surface area contributed by atoms with E-state index in [0.717, 1.165) is 12.4 Å². The van der Waals surface area contributed by atoms with E-state index in [4.69, 9.17) is 11.5 Å². The Bertz CT molecular complexity index is 379. The van der Waals surface area contributed by atoms with E-state index >= 15 is 0 Å². The summed E-state index contributed by atoms with van der Waals surface area (Å²) in [6.45, 7) is 2.09. The molecule has 1 atom stereocenters. The van der Waals surface area contributed by atoms with Gasteiger partial charge in [0, 0.05) is 12.6 Å². The Kier molecular flexibility index (Phi) is 3.68. The zero-order chi connectivity index (χ0) is 12.3. The minimum atomic E-state index is 0.395. The van der Waals surface area contributed by atoms with Crippen molar-refractivity contribution in [2.45, 2.75) is 25.3 Å². The third-order valence-corrected chi connectivity index (χ3v) is 3.40. The molecular weight excluding hydrogens is 214 g/mol. The second kappa shape index (κ2) is 5.23. The molecule has 0 spiro atoms. The first-order chi connectivity index (χ1) is 8.16. The zero-order valence-corrected chi connectivity index (χ0v) is 10.3. The van der Waals surface area contributed by atoms with Crippen molar-refractivity contribution in [1.29, 1.82) is 0 Å². The lowest BCUT2D eigenvalue weighted by Crippen LogP contribution is -2.40. The Morgan fingerprint density at radius 1 is 1.41 bits per heavy atom. The summed E-state index contributed by atoms with van der Waals surface area (Å²) in [4.78, 5) is 6.61. The second-order valence-corrected chi connectivity index (χ2v) is 4.68. The number of nitrogens with two attached hydrogens (primary N) is 2. The fraction of sp³-hybridized carbons (Fsp3) is 0.583. The van der Waals surface area contributed by atoms with Crippen LogP contribution in [0.25, 0.3) is 0 Å². The lowest BCUT2D eigenvalue weighted by molar-refractivity contribution is 0.194. The molecule has 1 fully saturated rings. The van der Waals surface area contributed by atoms with Gasteiger partial charge in [0.1, 0.15) is 11.6 Å². The molecule has 5 N–H and O–H groups in total. The van der Waals surface area contributed by atoms with Crippen LogP contribution >= 0.6 is 0 Å². The van der Waals surface area contributed by atoms with Crippen molar-refractivity contribution in [1.82, 2.24) is 9.88 Å². The highest BCUT2D eigenvalue weighted by molar-refractivity contribution is 5.61. The molecule has 0 aliphatic carbocycles. The second-order valence-electron chi connectivity index (χ2n) is 4.68. The van der Waals surface area contributed by atoms with E-state index < -0.39 is 0 Å². The van der Waals surface area contributed by atoms with E-state index in [1.807, 2.05) is 6.07 Å². The quantitative estimate of drug-likeness (QED) is 0.732. The van der Waals surface area contributed by atoms with Crippen LogP contribution in [0.1, 0.15) is 19.3 Å². The molecule has 1 aromatic rings. The molecule has 5 heteroatoms. The van der Waals surface area contributed by atoms with E-state index in [9.17, 15) is 0 Å². The molecule has 0 saturated carbocycles. The van der Waals surface area contributed by atoms with Gasteiger partial charge in [0.05, 0.1) is 5.69 Å². The van der Waals surface area contributed by atoms with Gasteiger partial charge in [-0.15, -0.1) is 0 Å². The minimum Gasteiger partial charge on any atom is -0.396 e. The van der Waals surface area contributed by atoms with Gasteiger partial charge in [-0.1, -0.05) is 6.42 Å². The van der Waals surface area contributed by atoms with Crippen LogP contribution in [0.5, 0.6) is 0 Å². The molecule has 1 unspecified atom stereocenters. The van der Waals surface area contributed by atoms with Gasteiger partial charge in [0.25, 0.3) is 0 Å². The van der Waals surface area contributed by atoms with Crippen molar-refractivity contribution < 1.29 is 0 Å². The lowest BCUT2D eigenvalue weighted by Gasteiger charge is -2.32. The summed E-state index contributed by atoms with van der Waals surface area (Å²) >= 11 is 0.